The lowest BCUT2D eigenvalue weighted by atomic mass is 10.1. The van der Waals surface area contributed by atoms with Crippen LogP contribution < -0.4 is 24.4 Å². The SMILES string of the molecule is COc1ccc(OC)c(/C=C2\C(=O)NC(=S)N(c3ccc(Oc4ccccc4)cc3)C2=O)c1. The van der Waals surface area contributed by atoms with Crippen molar-refractivity contribution in [2.45, 2.75) is 0 Å². The van der Waals surface area contributed by atoms with Crippen LogP contribution in [-0.2, 0) is 9.59 Å². The molecule has 1 fully saturated rings. The van der Waals surface area contributed by atoms with E-state index in [4.69, 9.17) is 26.4 Å². The number of nitrogens with one attached hydrogen (secondary N) is 1. The van der Waals surface area contributed by atoms with Gasteiger partial charge in [-0.3, -0.25) is 19.8 Å². The number of nitrogens with zero attached hydrogens (tertiary/aromatic N) is 1. The number of rotatable bonds is 6. The third-order valence-corrected chi connectivity index (χ3v) is 5.20. The van der Waals surface area contributed by atoms with Crippen LogP contribution in [0.4, 0.5) is 5.69 Å². The number of anilines is 1. The van der Waals surface area contributed by atoms with Gasteiger partial charge >= 0.3 is 0 Å². The second kappa shape index (κ2) is 9.54. The molecule has 0 bridgehead atoms. The monoisotopic (exact) mass is 460 g/mol. The molecule has 4 rings (SSSR count). The van der Waals surface area contributed by atoms with E-state index in [1.165, 1.54) is 25.2 Å². The van der Waals surface area contributed by atoms with Gasteiger partial charge in [-0.2, -0.15) is 0 Å². The molecular weight excluding hydrogens is 440 g/mol. The molecule has 0 spiro atoms. The Balaban J connectivity index is 1.64. The summed E-state index contributed by atoms with van der Waals surface area (Å²) in [4.78, 5) is 27.2. The van der Waals surface area contributed by atoms with E-state index in [0.717, 1.165) is 0 Å². The Kier molecular flexibility index (Phi) is 6.37. The minimum Gasteiger partial charge on any atom is -0.497 e. The average molecular weight is 461 g/mol. The molecule has 1 aliphatic rings. The van der Waals surface area contributed by atoms with Crippen molar-refractivity contribution in [3.63, 3.8) is 0 Å². The molecule has 0 radical (unpaired) electrons. The predicted molar refractivity (Wildman–Crippen MR) is 129 cm³/mol. The molecule has 1 aliphatic heterocycles. The normalized spacial score (nSPS) is 14.8. The van der Waals surface area contributed by atoms with Crippen LogP contribution in [0.15, 0.2) is 78.4 Å². The van der Waals surface area contributed by atoms with Crippen molar-refractivity contribution < 1.29 is 23.8 Å². The molecule has 8 heteroatoms. The Bertz CT molecular complexity index is 1240. The summed E-state index contributed by atoms with van der Waals surface area (Å²) in [5, 5.41) is 2.57. The lowest BCUT2D eigenvalue weighted by molar-refractivity contribution is -0.122. The Morgan fingerprint density at radius 1 is 0.848 bits per heavy atom. The standard InChI is InChI=1S/C25H20N2O5S/c1-30-20-12-13-22(31-2)16(14-20)15-21-23(28)26-25(33)27(24(21)29)17-8-10-19(11-9-17)32-18-6-4-3-5-7-18/h3-15H,1-2H3,(H,26,28,33)/b21-15+. The highest BCUT2D eigenvalue weighted by atomic mass is 32.1. The predicted octanol–water partition coefficient (Wildman–Crippen LogP) is 4.33. The van der Waals surface area contributed by atoms with Crippen LogP contribution in [0.1, 0.15) is 5.56 Å². The number of carbonyl (C=O) groups is 2. The van der Waals surface area contributed by atoms with Gasteiger partial charge in [0.2, 0.25) is 0 Å². The minimum absolute atomic E-state index is 0.00325. The second-order valence-corrected chi connectivity index (χ2v) is 7.36. The number of hydrogen-bond acceptors (Lipinski definition) is 6. The zero-order valence-corrected chi connectivity index (χ0v) is 18.7. The highest BCUT2D eigenvalue weighted by Crippen LogP contribution is 2.30. The number of ether oxygens (including phenoxy) is 3. The smallest absolute Gasteiger partial charge is 0.270 e. The van der Waals surface area contributed by atoms with Crippen LogP contribution in [0.25, 0.3) is 6.08 Å². The number of thiocarbonyl (C=S) groups is 1. The molecule has 166 valence electrons. The van der Waals surface area contributed by atoms with Crippen molar-refractivity contribution >= 4 is 40.9 Å². The Hall–Kier alpha value is -4.17. The first-order valence-electron chi connectivity index (χ1n) is 9.96. The summed E-state index contributed by atoms with van der Waals surface area (Å²) < 4.78 is 16.4. The molecule has 7 nitrogen and oxygen atoms in total. The van der Waals surface area contributed by atoms with Gasteiger partial charge in [0.1, 0.15) is 28.6 Å². The van der Waals surface area contributed by atoms with Gasteiger partial charge in [-0.05, 0) is 72.9 Å². The van der Waals surface area contributed by atoms with Gasteiger partial charge in [-0.25, -0.2) is 0 Å². The summed E-state index contributed by atoms with van der Waals surface area (Å²) in [7, 11) is 3.04. The first kappa shape index (κ1) is 22.0. The van der Waals surface area contributed by atoms with Crippen molar-refractivity contribution in [1.29, 1.82) is 0 Å². The fraction of sp³-hybridized carbons (Fsp3) is 0.0800. The molecule has 1 heterocycles. The lowest BCUT2D eigenvalue weighted by Crippen LogP contribution is -2.54. The minimum atomic E-state index is -0.588. The molecule has 0 aromatic heterocycles. The third kappa shape index (κ3) is 4.70. The molecule has 0 saturated carbocycles. The number of para-hydroxylation sites is 1. The number of amides is 2. The first-order chi connectivity index (χ1) is 16.0. The van der Waals surface area contributed by atoms with Crippen molar-refractivity contribution in [1.82, 2.24) is 5.32 Å². The molecule has 1 N–H and O–H groups in total. The summed E-state index contributed by atoms with van der Waals surface area (Å²) in [6.45, 7) is 0. The van der Waals surface area contributed by atoms with E-state index in [2.05, 4.69) is 5.32 Å². The van der Waals surface area contributed by atoms with E-state index < -0.39 is 11.8 Å². The number of methoxy groups -OCH3 is 2. The van der Waals surface area contributed by atoms with E-state index in [-0.39, 0.29) is 10.7 Å². The molecule has 0 unspecified atom stereocenters. The summed E-state index contributed by atoms with van der Waals surface area (Å²) in [5.74, 6) is 1.21. The zero-order valence-electron chi connectivity index (χ0n) is 17.9. The fourth-order valence-corrected chi connectivity index (χ4v) is 3.57. The molecule has 33 heavy (non-hydrogen) atoms. The number of hydrogen-bond donors (Lipinski definition) is 1. The average Bonchev–Trinajstić information content (AvgIpc) is 2.83. The largest absolute Gasteiger partial charge is 0.497 e. The second-order valence-electron chi connectivity index (χ2n) is 6.97. The number of carbonyl (C=O) groups excluding carboxylic acids is 2. The van der Waals surface area contributed by atoms with Crippen LogP contribution in [0.5, 0.6) is 23.0 Å². The van der Waals surface area contributed by atoms with E-state index >= 15 is 0 Å². The third-order valence-electron chi connectivity index (χ3n) is 4.91. The molecule has 0 aliphatic carbocycles. The van der Waals surface area contributed by atoms with Crippen molar-refractivity contribution in [3.05, 3.63) is 83.9 Å². The van der Waals surface area contributed by atoms with Gasteiger partial charge in [0.15, 0.2) is 5.11 Å². The maximum Gasteiger partial charge on any atom is 0.270 e. The van der Waals surface area contributed by atoms with E-state index in [1.807, 2.05) is 30.3 Å². The van der Waals surface area contributed by atoms with Gasteiger partial charge in [0.25, 0.3) is 11.8 Å². The summed E-state index contributed by atoms with van der Waals surface area (Å²) >= 11 is 5.28. The highest BCUT2D eigenvalue weighted by molar-refractivity contribution is 7.80. The first-order valence-corrected chi connectivity index (χ1v) is 10.4. The summed E-state index contributed by atoms with van der Waals surface area (Å²) in [5.41, 5.74) is 0.934. The van der Waals surface area contributed by atoms with E-state index in [1.54, 1.807) is 42.5 Å². The van der Waals surface area contributed by atoms with Crippen molar-refractivity contribution in [2.75, 3.05) is 19.1 Å². The van der Waals surface area contributed by atoms with Gasteiger partial charge in [-0.15, -0.1) is 0 Å². The van der Waals surface area contributed by atoms with Crippen LogP contribution in [-0.4, -0.2) is 31.1 Å². The van der Waals surface area contributed by atoms with E-state index in [0.29, 0.717) is 34.2 Å². The van der Waals surface area contributed by atoms with Crippen molar-refractivity contribution in [3.8, 4) is 23.0 Å². The Morgan fingerprint density at radius 2 is 1.52 bits per heavy atom. The quantitative estimate of drug-likeness (QED) is 0.335. The van der Waals surface area contributed by atoms with Gasteiger partial charge in [-0.1, -0.05) is 18.2 Å². The summed E-state index contributed by atoms with van der Waals surface area (Å²) in [6, 6.07) is 21.3. The highest BCUT2D eigenvalue weighted by Gasteiger charge is 2.34. The zero-order chi connectivity index (χ0) is 23.4. The maximum absolute atomic E-state index is 13.3. The molecule has 3 aromatic rings. The summed E-state index contributed by atoms with van der Waals surface area (Å²) in [6.07, 6.45) is 1.46. The fourth-order valence-electron chi connectivity index (χ4n) is 3.29. The van der Waals surface area contributed by atoms with Gasteiger partial charge in [0.05, 0.1) is 19.9 Å². The van der Waals surface area contributed by atoms with Crippen LogP contribution in [0, 0.1) is 0 Å². The van der Waals surface area contributed by atoms with Gasteiger partial charge in [0, 0.05) is 5.56 Å². The molecule has 0 atom stereocenters. The Morgan fingerprint density at radius 3 is 2.18 bits per heavy atom. The van der Waals surface area contributed by atoms with Crippen LogP contribution >= 0.6 is 12.2 Å². The van der Waals surface area contributed by atoms with Crippen LogP contribution in [0.2, 0.25) is 0 Å². The maximum atomic E-state index is 13.3. The Labute approximate surface area is 196 Å². The molecule has 3 aromatic carbocycles. The van der Waals surface area contributed by atoms with Crippen molar-refractivity contribution in [2.24, 2.45) is 0 Å². The number of benzene rings is 3. The lowest BCUT2D eigenvalue weighted by Gasteiger charge is -2.29. The van der Waals surface area contributed by atoms with Gasteiger partial charge < -0.3 is 14.2 Å². The molecule has 1 saturated heterocycles. The van der Waals surface area contributed by atoms with Crippen LogP contribution in [0.3, 0.4) is 0 Å². The molecule has 2 amide bonds. The topological polar surface area (TPSA) is 77.1 Å². The molecular formula is C25H20N2O5S. The van der Waals surface area contributed by atoms with E-state index in [9.17, 15) is 9.59 Å².